The zero-order valence-electron chi connectivity index (χ0n) is 13.3. The van der Waals surface area contributed by atoms with E-state index in [0.29, 0.717) is 44.8 Å². The molecule has 0 bridgehead atoms. The van der Waals surface area contributed by atoms with Crippen molar-refractivity contribution < 1.29 is 24.2 Å². The summed E-state index contributed by atoms with van der Waals surface area (Å²) in [5.41, 5.74) is 0.00299. The van der Waals surface area contributed by atoms with Crippen molar-refractivity contribution in [3.05, 3.63) is 29.8 Å². The Labute approximate surface area is 140 Å². The second-order valence-corrected chi connectivity index (χ2v) is 5.64. The average Bonchev–Trinajstić information content (AvgIpc) is 2.61. The summed E-state index contributed by atoms with van der Waals surface area (Å²) in [5.74, 6) is -0.785. The van der Waals surface area contributed by atoms with E-state index in [1.807, 2.05) is 12.1 Å². The minimum Gasteiger partial charge on any atom is -0.482 e. The van der Waals surface area contributed by atoms with Gasteiger partial charge in [0.05, 0.1) is 6.07 Å². The molecule has 24 heavy (non-hydrogen) atoms. The zero-order valence-corrected chi connectivity index (χ0v) is 13.3. The molecule has 0 spiro atoms. The molecule has 1 fully saturated rings. The van der Waals surface area contributed by atoms with Gasteiger partial charge in [0.2, 0.25) is 5.91 Å². The summed E-state index contributed by atoms with van der Waals surface area (Å²) >= 11 is 0. The van der Waals surface area contributed by atoms with Gasteiger partial charge in [0, 0.05) is 19.8 Å². The number of carboxylic acid groups (broad SMARTS) is 1. The van der Waals surface area contributed by atoms with Gasteiger partial charge in [-0.05, 0) is 37.0 Å². The Morgan fingerprint density at radius 2 is 1.96 bits per heavy atom. The fraction of sp³-hybridized carbons (Fsp3) is 0.471. The fourth-order valence-electron chi connectivity index (χ4n) is 2.50. The highest BCUT2D eigenvalue weighted by molar-refractivity contribution is 5.85. The largest absolute Gasteiger partial charge is 0.482 e. The average molecular weight is 332 g/mol. The molecule has 7 heteroatoms. The third kappa shape index (κ3) is 4.70. The maximum Gasteiger partial charge on any atom is 0.341 e. The van der Waals surface area contributed by atoms with Crippen LogP contribution in [0.2, 0.25) is 0 Å². The fourth-order valence-corrected chi connectivity index (χ4v) is 2.50. The molecule has 128 valence electrons. The lowest BCUT2D eigenvalue weighted by Gasteiger charge is -2.29. The van der Waals surface area contributed by atoms with Crippen molar-refractivity contribution in [1.29, 1.82) is 5.26 Å². The number of carbonyl (C=O) groups excluding carboxylic acids is 1. The van der Waals surface area contributed by atoms with Gasteiger partial charge in [0.25, 0.3) is 0 Å². The van der Waals surface area contributed by atoms with Crippen LogP contribution < -0.4 is 10.1 Å². The van der Waals surface area contributed by atoms with E-state index in [2.05, 4.69) is 11.4 Å². The highest BCUT2D eigenvalue weighted by atomic mass is 16.5. The summed E-state index contributed by atoms with van der Waals surface area (Å²) in [7, 11) is 0. The first-order valence-corrected chi connectivity index (χ1v) is 7.76. The summed E-state index contributed by atoms with van der Waals surface area (Å²) in [4.78, 5) is 22.7. The Hall–Kier alpha value is -2.59. The van der Waals surface area contributed by atoms with E-state index in [1.165, 1.54) is 0 Å². The van der Waals surface area contributed by atoms with Gasteiger partial charge in [-0.1, -0.05) is 12.1 Å². The monoisotopic (exact) mass is 332 g/mol. The van der Waals surface area contributed by atoms with Crippen LogP contribution in [0.1, 0.15) is 18.4 Å². The molecule has 1 aliphatic heterocycles. The molecule has 2 rings (SSSR count). The lowest BCUT2D eigenvalue weighted by Crippen LogP contribution is -2.44. The minimum absolute atomic E-state index is 0.241. The van der Waals surface area contributed by atoms with E-state index in [1.54, 1.807) is 12.1 Å². The topological polar surface area (TPSA) is 109 Å². The van der Waals surface area contributed by atoms with Gasteiger partial charge in [-0.3, -0.25) is 4.79 Å². The Bertz CT molecular complexity index is 615. The van der Waals surface area contributed by atoms with Crippen LogP contribution in [0.5, 0.6) is 5.75 Å². The lowest BCUT2D eigenvalue weighted by molar-refractivity contribution is -0.139. The molecule has 1 aromatic rings. The lowest BCUT2D eigenvalue weighted by atomic mass is 9.81. The molecule has 2 N–H and O–H groups in total. The highest BCUT2D eigenvalue weighted by Gasteiger charge is 2.40. The summed E-state index contributed by atoms with van der Waals surface area (Å²) in [6, 6.07) is 9.15. The Morgan fingerprint density at radius 3 is 2.54 bits per heavy atom. The van der Waals surface area contributed by atoms with Crippen molar-refractivity contribution >= 4 is 11.9 Å². The number of rotatable bonds is 7. The Morgan fingerprint density at radius 1 is 1.29 bits per heavy atom. The van der Waals surface area contributed by atoms with Crippen LogP contribution in [0.25, 0.3) is 0 Å². The van der Waals surface area contributed by atoms with Crippen LogP contribution in [0, 0.1) is 16.7 Å². The van der Waals surface area contributed by atoms with Gasteiger partial charge >= 0.3 is 5.97 Å². The second kappa shape index (κ2) is 8.31. The molecule has 0 saturated carbocycles. The molecule has 1 saturated heterocycles. The van der Waals surface area contributed by atoms with Crippen molar-refractivity contribution in [3.8, 4) is 11.8 Å². The molecule has 1 aliphatic rings. The van der Waals surface area contributed by atoms with Crippen molar-refractivity contribution in [2.45, 2.75) is 19.3 Å². The van der Waals surface area contributed by atoms with Gasteiger partial charge in [-0.2, -0.15) is 5.26 Å². The summed E-state index contributed by atoms with van der Waals surface area (Å²) in [5, 5.41) is 20.7. The number of nitrogens with one attached hydrogen (secondary N) is 1. The van der Waals surface area contributed by atoms with Crippen molar-refractivity contribution in [2.24, 2.45) is 5.41 Å². The summed E-state index contributed by atoms with van der Waals surface area (Å²) in [6.07, 6.45) is 1.46. The standard InChI is InChI=1S/C17H20N2O5/c18-12-17(6-9-23-10-7-17)16(22)19-8-5-13-1-3-14(4-2-13)24-11-15(20)21/h1-4H,5-11H2,(H,19,22)(H,20,21). The molecule has 7 nitrogen and oxygen atoms in total. The first kappa shape index (κ1) is 17.8. The zero-order chi connectivity index (χ0) is 17.4. The van der Waals surface area contributed by atoms with Crippen LogP contribution in [-0.2, 0) is 20.7 Å². The van der Waals surface area contributed by atoms with Crippen LogP contribution in [0.3, 0.4) is 0 Å². The molecule has 0 unspecified atom stereocenters. The van der Waals surface area contributed by atoms with Crippen molar-refractivity contribution in [3.63, 3.8) is 0 Å². The maximum atomic E-state index is 12.3. The quantitative estimate of drug-likeness (QED) is 0.775. The number of hydrogen-bond donors (Lipinski definition) is 2. The Balaban J connectivity index is 1.80. The number of aliphatic carboxylic acids is 1. The smallest absolute Gasteiger partial charge is 0.341 e. The number of ether oxygens (including phenoxy) is 2. The SMILES string of the molecule is N#CC1(C(=O)NCCc2ccc(OCC(=O)O)cc2)CCOCC1. The molecular weight excluding hydrogens is 312 g/mol. The first-order chi connectivity index (χ1) is 11.6. The number of benzene rings is 1. The summed E-state index contributed by atoms with van der Waals surface area (Å²) < 4.78 is 10.3. The third-order valence-corrected chi connectivity index (χ3v) is 3.98. The number of nitrogens with zero attached hydrogens (tertiary/aromatic N) is 1. The molecule has 0 radical (unpaired) electrons. The van der Waals surface area contributed by atoms with Crippen molar-refractivity contribution in [2.75, 3.05) is 26.4 Å². The molecule has 0 aromatic heterocycles. The third-order valence-electron chi connectivity index (χ3n) is 3.98. The number of amides is 1. The van der Waals surface area contributed by atoms with Crippen LogP contribution in [-0.4, -0.2) is 43.3 Å². The van der Waals surface area contributed by atoms with Gasteiger partial charge in [-0.15, -0.1) is 0 Å². The Kier molecular flexibility index (Phi) is 6.15. The molecular formula is C17H20N2O5. The van der Waals surface area contributed by atoms with Gasteiger partial charge in [0.1, 0.15) is 11.2 Å². The second-order valence-electron chi connectivity index (χ2n) is 5.64. The van der Waals surface area contributed by atoms with Crippen LogP contribution >= 0.6 is 0 Å². The predicted molar refractivity (Wildman–Crippen MR) is 84.4 cm³/mol. The van der Waals surface area contributed by atoms with Crippen LogP contribution in [0.4, 0.5) is 0 Å². The van der Waals surface area contributed by atoms with E-state index < -0.39 is 11.4 Å². The predicted octanol–water partition coefficient (Wildman–Crippen LogP) is 1.13. The first-order valence-electron chi connectivity index (χ1n) is 7.76. The summed E-state index contributed by atoms with van der Waals surface area (Å²) in [6.45, 7) is 0.908. The van der Waals surface area contributed by atoms with E-state index in [0.717, 1.165) is 5.56 Å². The van der Waals surface area contributed by atoms with E-state index >= 15 is 0 Å². The maximum absolute atomic E-state index is 12.3. The van der Waals surface area contributed by atoms with E-state index in [4.69, 9.17) is 14.6 Å². The van der Waals surface area contributed by atoms with E-state index in [9.17, 15) is 14.9 Å². The van der Waals surface area contributed by atoms with Gasteiger partial charge in [0.15, 0.2) is 6.61 Å². The molecule has 0 aliphatic carbocycles. The number of nitriles is 1. The number of hydrogen-bond acceptors (Lipinski definition) is 5. The van der Waals surface area contributed by atoms with E-state index in [-0.39, 0.29) is 12.5 Å². The van der Waals surface area contributed by atoms with Crippen molar-refractivity contribution in [1.82, 2.24) is 5.32 Å². The molecule has 1 heterocycles. The molecule has 1 aromatic carbocycles. The molecule has 1 amide bonds. The normalized spacial score (nSPS) is 16.0. The van der Waals surface area contributed by atoms with Gasteiger partial charge in [-0.25, -0.2) is 4.79 Å². The van der Waals surface area contributed by atoms with Crippen LogP contribution in [0.15, 0.2) is 24.3 Å². The molecule has 0 atom stereocenters. The minimum atomic E-state index is -1.03. The number of carboxylic acids is 1. The number of carbonyl (C=O) groups is 2. The van der Waals surface area contributed by atoms with Gasteiger partial charge < -0.3 is 19.9 Å². The highest BCUT2D eigenvalue weighted by Crippen LogP contribution is 2.29.